The molecule has 0 amide bonds. The van der Waals surface area contributed by atoms with Gasteiger partial charge in [-0.1, -0.05) is 62.2 Å². The average Bonchev–Trinajstić information content (AvgIpc) is 2.49. The monoisotopic (exact) mass is 251 g/mol. The van der Waals surface area contributed by atoms with E-state index in [1.165, 1.54) is 36.0 Å². The molecule has 0 aliphatic carbocycles. The van der Waals surface area contributed by atoms with Crippen LogP contribution in [-0.4, -0.2) is 4.98 Å². The molecule has 1 aromatic heterocycles. The molecule has 19 heavy (non-hydrogen) atoms. The van der Waals surface area contributed by atoms with Gasteiger partial charge in [0.1, 0.15) is 0 Å². The third kappa shape index (κ3) is 4.06. The highest BCUT2D eigenvalue weighted by molar-refractivity contribution is 5.79. The summed E-state index contributed by atoms with van der Waals surface area (Å²) >= 11 is 0. The maximum atomic E-state index is 4.23. The smallest absolute Gasteiger partial charge is 0.0346 e. The molecule has 1 nitrogen and oxygen atoms in total. The second-order valence-electron chi connectivity index (χ2n) is 4.72. The lowest BCUT2D eigenvalue weighted by Crippen LogP contribution is -1.89. The van der Waals surface area contributed by atoms with Gasteiger partial charge in [-0.25, -0.2) is 0 Å². The lowest BCUT2D eigenvalue weighted by molar-refractivity contribution is 0.729. The van der Waals surface area contributed by atoms with Crippen molar-refractivity contribution in [3.8, 4) is 0 Å². The number of hydrogen-bond donors (Lipinski definition) is 0. The molecule has 0 aliphatic rings. The second kappa shape index (κ2) is 7.52. The van der Waals surface area contributed by atoms with Crippen LogP contribution in [0.5, 0.6) is 0 Å². The Morgan fingerprint density at radius 3 is 2.47 bits per heavy atom. The van der Waals surface area contributed by atoms with Crippen molar-refractivity contribution in [2.24, 2.45) is 0 Å². The fraction of sp³-hybridized carbons (Fsp3) is 0.278. The van der Waals surface area contributed by atoms with Crippen LogP contribution in [-0.2, 0) is 0 Å². The lowest BCUT2D eigenvalue weighted by atomic mass is 9.97. The fourth-order valence-electron chi connectivity index (χ4n) is 2.18. The normalized spacial score (nSPS) is 11.5. The molecule has 1 heteroatoms. The highest BCUT2D eigenvalue weighted by Gasteiger charge is 2.03. The summed E-state index contributed by atoms with van der Waals surface area (Å²) in [6.45, 7) is 2.24. The van der Waals surface area contributed by atoms with Crippen molar-refractivity contribution in [1.82, 2.24) is 4.98 Å². The van der Waals surface area contributed by atoms with Gasteiger partial charge < -0.3 is 0 Å². The maximum absolute atomic E-state index is 4.23. The Labute approximate surface area is 116 Å². The van der Waals surface area contributed by atoms with Crippen molar-refractivity contribution in [3.63, 3.8) is 0 Å². The lowest BCUT2D eigenvalue weighted by Gasteiger charge is -2.08. The summed E-state index contributed by atoms with van der Waals surface area (Å²) < 4.78 is 0. The van der Waals surface area contributed by atoms with Gasteiger partial charge in [-0.2, -0.15) is 0 Å². The third-order valence-electron chi connectivity index (χ3n) is 3.21. The molecular weight excluding hydrogens is 230 g/mol. The molecule has 0 aliphatic heterocycles. The van der Waals surface area contributed by atoms with Crippen LogP contribution in [0.15, 0.2) is 60.9 Å². The van der Waals surface area contributed by atoms with E-state index < -0.39 is 0 Å². The molecule has 0 saturated carbocycles. The Morgan fingerprint density at radius 1 is 1.00 bits per heavy atom. The SMILES string of the molecule is CCCCCC=C(c1ccccc1)c1cccnc1. The van der Waals surface area contributed by atoms with Gasteiger partial charge >= 0.3 is 0 Å². The summed E-state index contributed by atoms with van der Waals surface area (Å²) in [5.41, 5.74) is 3.77. The molecule has 0 atom stereocenters. The summed E-state index contributed by atoms with van der Waals surface area (Å²) in [5, 5.41) is 0. The van der Waals surface area contributed by atoms with E-state index in [0.29, 0.717) is 0 Å². The van der Waals surface area contributed by atoms with Crippen molar-refractivity contribution in [2.45, 2.75) is 32.6 Å². The van der Waals surface area contributed by atoms with Gasteiger partial charge in [0.15, 0.2) is 0 Å². The highest BCUT2D eigenvalue weighted by Crippen LogP contribution is 2.23. The summed E-state index contributed by atoms with van der Waals surface area (Å²) in [7, 11) is 0. The largest absolute Gasteiger partial charge is 0.264 e. The van der Waals surface area contributed by atoms with Gasteiger partial charge in [0, 0.05) is 18.0 Å². The van der Waals surface area contributed by atoms with E-state index >= 15 is 0 Å². The molecular formula is C18H21N. The molecule has 1 aromatic carbocycles. The van der Waals surface area contributed by atoms with E-state index in [1.54, 1.807) is 0 Å². The first-order chi connectivity index (χ1) is 9.42. The van der Waals surface area contributed by atoms with E-state index in [0.717, 1.165) is 6.42 Å². The summed E-state index contributed by atoms with van der Waals surface area (Å²) in [6, 6.07) is 14.7. The number of allylic oxidation sites excluding steroid dienone is 1. The Kier molecular flexibility index (Phi) is 5.36. The van der Waals surface area contributed by atoms with Gasteiger partial charge in [0.25, 0.3) is 0 Å². The fourth-order valence-corrected chi connectivity index (χ4v) is 2.18. The zero-order valence-electron chi connectivity index (χ0n) is 11.5. The van der Waals surface area contributed by atoms with Crippen LogP contribution in [0.1, 0.15) is 43.7 Å². The molecule has 98 valence electrons. The number of nitrogens with zero attached hydrogens (tertiary/aromatic N) is 1. The Hall–Kier alpha value is -1.89. The van der Waals surface area contributed by atoms with E-state index in [4.69, 9.17) is 0 Å². The molecule has 0 spiro atoms. The molecule has 0 unspecified atom stereocenters. The van der Waals surface area contributed by atoms with Crippen LogP contribution < -0.4 is 0 Å². The topological polar surface area (TPSA) is 12.9 Å². The van der Waals surface area contributed by atoms with Crippen LogP contribution >= 0.6 is 0 Å². The van der Waals surface area contributed by atoms with Crippen LogP contribution in [0.4, 0.5) is 0 Å². The van der Waals surface area contributed by atoms with Crippen molar-refractivity contribution in [1.29, 1.82) is 0 Å². The molecule has 2 rings (SSSR count). The number of pyridine rings is 1. The van der Waals surface area contributed by atoms with Crippen molar-refractivity contribution < 1.29 is 0 Å². The number of hydrogen-bond acceptors (Lipinski definition) is 1. The Morgan fingerprint density at radius 2 is 1.79 bits per heavy atom. The molecule has 0 fully saturated rings. The van der Waals surface area contributed by atoms with Crippen molar-refractivity contribution in [2.75, 3.05) is 0 Å². The van der Waals surface area contributed by atoms with Crippen molar-refractivity contribution in [3.05, 3.63) is 72.1 Å². The first-order valence-electron chi connectivity index (χ1n) is 7.08. The Balaban J connectivity index is 2.24. The summed E-state index contributed by atoms with van der Waals surface area (Å²) in [6.07, 6.45) is 11.1. The zero-order valence-corrected chi connectivity index (χ0v) is 11.5. The number of rotatable bonds is 6. The second-order valence-corrected chi connectivity index (χ2v) is 4.72. The van der Waals surface area contributed by atoms with Crippen LogP contribution in [0.2, 0.25) is 0 Å². The first kappa shape index (κ1) is 13.5. The third-order valence-corrected chi connectivity index (χ3v) is 3.21. The van der Waals surface area contributed by atoms with Crippen molar-refractivity contribution >= 4 is 5.57 Å². The molecule has 0 radical (unpaired) electrons. The predicted octanol–water partition coefficient (Wildman–Crippen LogP) is 5.09. The number of unbranched alkanes of at least 4 members (excludes halogenated alkanes) is 3. The minimum atomic E-state index is 1.13. The van der Waals surface area contributed by atoms with Gasteiger partial charge in [0.05, 0.1) is 0 Å². The molecule has 2 aromatic rings. The van der Waals surface area contributed by atoms with Crippen LogP contribution in [0.3, 0.4) is 0 Å². The Bertz CT molecular complexity index is 458. The number of aromatic nitrogens is 1. The van der Waals surface area contributed by atoms with E-state index in [9.17, 15) is 0 Å². The summed E-state index contributed by atoms with van der Waals surface area (Å²) in [5.74, 6) is 0. The predicted molar refractivity (Wildman–Crippen MR) is 81.9 cm³/mol. The molecule has 0 bridgehead atoms. The van der Waals surface area contributed by atoms with Gasteiger partial charge in [-0.05, 0) is 30.0 Å². The zero-order chi connectivity index (χ0) is 13.3. The molecule has 0 saturated heterocycles. The molecule has 0 N–H and O–H groups in total. The van der Waals surface area contributed by atoms with Gasteiger partial charge in [0.2, 0.25) is 0 Å². The number of benzene rings is 1. The first-order valence-corrected chi connectivity index (χ1v) is 7.08. The average molecular weight is 251 g/mol. The minimum Gasteiger partial charge on any atom is -0.264 e. The maximum Gasteiger partial charge on any atom is 0.0346 e. The van der Waals surface area contributed by atoms with Gasteiger partial charge in [-0.15, -0.1) is 0 Å². The van der Waals surface area contributed by atoms with Crippen LogP contribution in [0, 0.1) is 0 Å². The van der Waals surface area contributed by atoms with Gasteiger partial charge in [-0.3, -0.25) is 4.98 Å². The van der Waals surface area contributed by atoms with E-state index in [2.05, 4.69) is 54.4 Å². The summed E-state index contributed by atoms with van der Waals surface area (Å²) in [4.78, 5) is 4.23. The van der Waals surface area contributed by atoms with Crippen LogP contribution in [0.25, 0.3) is 5.57 Å². The molecule has 1 heterocycles. The quantitative estimate of drug-likeness (QED) is 0.651. The van der Waals surface area contributed by atoms with E-state index in [-0.39, 0.29) is 0 Å². The highest BCUT2D eigenvalue weighted by atomic mass is 14.6. The standard InChI is InChI=1S/C18H21N/c1-2-3-4-8-13-18(16-10-6-5-7-11-16)17-12-9-14-19-15-17/h5-7,9-15H,2-4,8H2,1H3. The minimum absolute atomic E-state index is 1.13. The van der Waals surface area contributed by atoms with E-state index in [1.807, 2.05) is 18.5 Å².